The number of aryl methyl sites for hydroxylation is 1. The topological polar surface area (TPSA) is 64.0 Å². The van der Waals surface area contributed by atoms with E-state index >= 15 is 0 Å². The van der Waals surface area contributed by atoms with E-state index in [0.717, 1.165) is 70.9 Å². The van der Waals surface area contributed by atoms with Gasteiger partial charge in [-0.3, -0.25) is 14.5 Å². The maximum atomic E-state index is 13.0. The highest BCUT2D eigenvalue weighted by atomic mass is 79.9. The van der Waals surface area contributed by atoms with E-state index in [2.05, 4.69) is 43.6 Å². The number of carbonyl (C=O) groups excluding carboxylic acids is 2. The van der Waals surface area contributed by atoms with Gasteiger partial charge in [0.15, 0.2) is 0 Å². The zero-order valence-electron chi connectivity index (χ0n) is 21.1. The summed E-state index contributed by atoms with van der Waals surface area (Å²) in [6.45, 7) is 7.63. The summed E-state index contributed by atoms with van der Waals surface area (Å²) in [5, 5.41) is 0.322. The van der Waals surface area contributed by atoms with Gasteiger partial charge in [0.1, 0.15) is 12.4 Å². The third kappa shape index (κ3) is 5.66. The number of rotatable bonds is 7. The number of carbonyl (C=O) groups is 2. The molecule has 10 heteroatoms. The average molecular weight is 617 g/mol. The van der Waals surface area contributed by atoms with Crippen LogP contribution in [-0.4, -0.2) is 60.1 Å². The summed E-state index contributed by atoms with van der Waals surface area (Å²) in [4.78, 5) is 29.6. The van der Waals surface area contributed by atoms with Crippen LogP contribution >= 0.6 is 39.3 Å². The molecule has 0 aliphatic carbocycles. The van der Waals surface area contributed by atoms with Gasteiger partial charge in [-0.1, -0.05) is 11.6 Å². The highest BCUT2D eigenvalue weighted by Crippen LogP contribution is 2.35. The SMILES string of the molecule is Cc1cc(/C=C2\SC(=O)N(CCOc3ccc(Cl)cc3)C2=O)c(C)n1-c1ccc(N2CCOCC2)c(Br)c1. The smallest absolute Gasteiger partial charge is 0.293 e. The normalized spacial score (nSPS) is 17.1. The lowest BCUT2D eigenvalue weighted by atomic mass is 10.2. The van der Waals surface area contributed by atoms with Crippen LogP contribution in [0.3, 0.4) is 0 Å². The van der Waals surface area contributed by atoms with Gasteiger partial charge in [-0.25, -0.2) is 0 Å². The summed E-state index contributed by atoms with van der Waals surface area (Å²) >= 11 is 10.6. The molecule has 198 valence electrons. The number of imide groups is 1. The van der Waals surface area contributed by atoms with Crippen LogP contribution in [0.1, 0.15) is 17.0 Å². The van der Waals surface area contributed by atoms with Crippen molar-refractivity contribution in [1.29, 1.82) is 0 Å². The second-order valence-electron chi connectivity index (χ2n) is 9.03. The first-order chi connectivity index (χ1) is 18.3. The minimum absolute atomic E-state index is 0.174. The van der Waals surface area contributed by atoms with Crippen LogP contribution in [0.5, 0.6) is 5.75 Å². The van der Waals surface area contributed by atoms with E-state index in [9.17, 15) is 9.59 Å². The number of morpholine rings is 1. The molecule has 3 aromatic rings. The summed E-state index contributed by atoms with van der Waals surface area (Å²) in [5.41, 5.74) is 5.10. The van der Waals surface area contributed by atoms with Crippen LogP contribution in [0.4, 0.5) is 10.5 Å². The Balaban J connectivity index is 1.31. The molecular weight excluding hydrogens is 590 g/mol. The Morgan fingerprint density at radius 2 is 1.82 bits per heavy atom. The van der Waals surface area contributed by atoms with Crippen molar-refractivity contribution in [2.24, 2.45) is 0 Å². The second-order valence-corrected chi connectivity index (χ2v) is 11.3. The van der Waals surface area contributed by atoms with Crippen LogP contribution in [0, 0.1) is 13.8 Å². The monoisotopic (exact) mass is 615 g/mol. The third-order valence-electron chi connectivity index (χ3n) is 6.57. The molecule has 0 N–H and O–H groups in total. The van der Waals surface area contributed by atoms with Gasteiger partial charge < -0.3 is 18.9 Å². The van der Waals surface area contributed by atoms with Crippen LogP contribution in [0.2, 0.25) is 5.02 Å². The zero-order chi connectivity index (χ0) is 26.8. The molecule has 0 unspecified atom stereocenters. The van der Waals surface area contributed by atoms with Crippen LogP contribution < -0.4 is 9.64 Å². The number of thioether (sulfide) groups is 1. The molecule has 2 aliphatic rings. The van der Waals surface area contributed by atoms with Crippen LogP contribution in [0.25, 0.3) is 11.8 Å². The maximum absolute atomic E-state index is 13.0. The molecule has 2 amide bonds. The predicted octanol–water partition coefficient (Wildman–Crippen LogP) is 6.46. The van der Waals surface area contributed by atoms with E-state index in [1.165, 1.54) is 4.90 Å². The van der Waals surface area contributed by atoms with Gasteiger partial charge in [0.25, 0.3) is 11.1 Å². The summed E-state index contributed by atoms with van der Waals surface area (Å²) in [6, 6.07) is 15.3. The van der Waals surface area contributed by atoms with Gasteiger partial charge in [0.2, 0.25) is 0 Å². The fraction of sp³-hybridized carbons (Fsp3) is 0.286. The van der Waals surface area contributed by atoms with Crippen molar-refractivity contribution in [3.05, 3.63) is 79.9 Å². The number of halogens is 2. The summed E-state index contributed by atoms with van der Waals surface area (Å²) < 4.78 is 14.3. The van der Waals surface area contributed by atoms with Gasteiger partial charge in [-0.15, -0.1) is 0 Å². The standard InChI is InChI=1S/C28H27BrClN3O4S/c1-18-15-20(19(2)33(18)22-5-8-25(24(29)17-22)31-9-12-36-13-10-31)16-26-27(34)32(28(35)38-26)11-14-37-23-6-3-21(30)4-7-23/h3-8,15-17H,9-14H2,1-2H3/b26-16-. The van der Waals surface area contributed by atoms with Crippen molar-refractivity contribution in [2.75, 3.05) is 44.4 Å². The van der Waals surface area contributed by atoms with Crippen molar-refractivity contribution in [1.82, 2.24) is 9.47 Å². The molecule has 0 bridgehead atoms. The van der Waals surface area contributed by atoms with E-state index < -0.39 is 0 Å². The lowest BCUT2D eigenvalue weighted by Crippen LogP contribution is -2.36. The van der Waals surface area contributed by atoms with E-state index in [0.29, 0.717) is 15.7 Å². The van der Waals surface area contributed by atoms with E-state index in [-0.39, 0.29) is 24.3 Å². The molecule has 38 heavy (non-hydrogen) atoms. The van der Waals surface area contributed by atoms with Crippen molar-refractivity contribution in [3.8, 4) is 11.4 Å². The highest BCUT2D eigenvalue weighted by Gasteiger charge is 2.35. The number of aromatic nitrogens is 1. The fourth-order valence-electron chi connectivity index (χ4n) is 4.65. The molecule has 2 aliphatic heterocycles. The fourth-order valence-corrected chi connectivity index (χ4v) is 6.25. The predicted molar refractivity (Wildman–Crippen MR) is 156 cm³/mol. The molecule has 0 radical (unpaired) electrons. The van der Waals surface area contributed by atoms with Crippen molar-refractivity contribution in [3.63, 3.8) is 0 Å². The molecule has 2 aromatic carbocycles. The summed E-state index contributed by atoms with van der Waals surface area (Å²) in [6.07, 6.45) is 1.81. The third-order valence-corrected chi connectivity index (χ3v) is 8.36. The first kappa shape index (κ1) is 26.9. The number of hydrogen-bond donors (Lipinski definition) is 0. The molecule has 7 nitrogen and oxygen atoms in total. The molecule has 2 fully saturated rings. The minimum atomic E-state index is -0.304. The van der Waals surface area contributed by atoms with Crippen molar-refractivity contribution < 1.29 is 19.1 Å². The first-order valence-electron chi connectivity index (χ1n) is 12.3. The second kappa shape index (κ2) is 11.6. The largest absolute Gasteiger partial charge is 0.492 e. The Labute approximate surface area is 239 Å². The molecular formula is C28H27BrClN3O4S. The molecule has 1 aromatic heterocycles. The zero-order valence-corrected chi connectivity index (χ0v) is 24.2. The number of ether oxygens (including phenoxy) is 2. The van der Waals surface area contributed by atoms with Gasteiger partial charge in [0, 0.05) is 39.7 Å². The molecule has 2 saturated heterocycles. The minimum Gasteiger partial charge on any atom is -0.492 e. The van der Waals surface area contributed by atoms with Crippen LogP contribution in [0.15, 0.2) is 57.9 Å². The van der Waals surface area contributed by atoms with Gasteiger partial charge in [0.05, 0.1) is 30.4 Å². The summed E-state index contributed by atoms with van der Waals surface area (Å²) in [7, 11) is 0. The number of amides is 2. The molecule has 0 spiro atoms. The molecule has 0 saturated carbocycles. The van der Waals surface area contributed by atoms with E-state index in [1.807, 2.05) is 19.9 Å². The average Bonchev–Trinajstić information content (AvgIpc) is 3.34. The number of benzene rings is 2. The molecule has 3 heterocycles. The van der Waals surface area contributed by atoms with Crippen LogP contribution in [-0.2, 0) is 9.53 Å². The molecule has 5 rings (SSSR count). The Kier molecular flexibility index (Phi) is 8.18. The van der Waals surface area contributed by atoms with E-state index in [1.54, 1.807) is 30.3 Å². The quantitative estimate of drug-likeness (QED) is 0.284. The Morgan fingerprint density at radius 1 is 1.08 bits per heavy atom. The Hall–Kier alpha value is -2.72. The van der Waals surface area contributed by atoms with Gasteiger partial charge in [-0.05, 0) is 102 Å². The number of anilines is 1. The lowest BCUT2D eigenvalue weighted by Gasteiger charge is -2.30. The maximum Gasteiger partial charge on any atom is 0.293 e. The Bertz CT molecular complexity index is 1400. The van der Waals surface area contributed by atoms with Crippen molar-refractivity contribution >= 4 is 62.2 Å². The Morgan fingerprint density at radius 3 is 2.53 bits per heavy atom. The number of nitrogens with zero attached hydrogens (tertiary/aromatic N) is 3. The number of hydrogen-bond acceptors (Lipinski definition) is 6. The van der Waals surface area contributed by atoms with E-state index in [4.69, 9.17) is 21.1 Å². The van der Waals surface area contributed by atoms with Gasteiger partial charge >= 0.3 is 0 Å². The lowest BCUT2D eigenvalue weighted by molar-refractivity contribution is -0.123. The summed E-state index contributed by atoms with van der Waals surface area (Å²) in [5.74, 6) is 0.330. The highest BCUT2D eigenvalue weighted by molar-refractivity contribution is 9.10. The molecule has 0 atom stereocenters. The first-order valence-corrected chi connectivity index (χ1v) is 14.3. The van der Waals surface area contributed by atoms with Gasteiger partial charge in [-0.2, -0.15) is 0 Å². The van der Waals surface area contributed by atoms with Crippen molar-refractivity contribution in [2.45, 2.75) is 13.8 Å².